The van der Waals surface area contributed by atoms with Crippen LogP contribution in [0.1, 0.15) is 11.8 Å². The molecule has 0 amide bonds. The van der Waals surface area contributed by atoms with Crippen molar-refractivity contribution in [3.8, 4) is 0 Å². The number of thiophene rings is 1. The lowest BCUT2D eigenvalue weighted by Gasteiger charge is -2.22. The minimum absolute atomic E-state index is 0.903. The summed E-state index contributed by atoms with van der Waals surface area (Å²) in [7, 11) is 0. The Balaban J connectivity index is 1.98. The minimum atomic E-state index is 0.903. The van der Waals surface area contributed by atoms with E-state index in [0.29, 0.717) is 0 Å². The van der Waals surface area contributed by atoms with Crippen molar-refractivity contribution in [1.82, 2.24) is 0 Å². The van der Waals surface area contributed by atoms with E-state index < -0.39 is 0 Å². The molecule has 0 aliphatic heterocycles. The van der Waals surface area contributed by atoms with Crippen molar-refractivity contribution in [3.05, 3.63) is 52.7 Å². The van der Waals surface area contributed by atoms with Crippen LogP contribution < -0.4 is 4.90 Å². The van der Waals surface area contributed by atoms with Gasteiger partial charge in [0.15, 0.2) is 0 Å². The number of thioether (sulfide) groups is 1. The Morgan fingerprint density at radius 2 is 2.00 bits per heavy atom. The van der Waals surface area contributed by atoms with E-state index >= 15 is 0 Å². The molecule has 0 saturated carbocycles. The van der Waals surface area contributed by atoms with E-state index in [4.69, 9.17) is 12.2 Å². The molecule has 0 bridgehead atoms. The van der Waals surface area contributed by atoms with Crippen LogP contribution in [0.15, 0.2) is 47.8 Å². The van der Waals surface area contributed by atoms with E-state index in [2.05, 4.69) is 41.5 Å². The van der Waals surface area contributed by atoms with E-state index in [1.54, 1.807) is 23.1 Å². The van der Waals surface area contributed by atoms with Gasteiger partial charge < -0.3 is 4.90 Å². The fourth-order valence-corrected chi connectivity index (χ4v) is 3.73. The summed E-state index contributed by atoms with van der Waals surface area (Å²) in [6.07, 6.45) is 0. The standard InChI is InChI=1S/C14H15NS3/c1-2-15(12-7-4-3-5-8-12)14(16)18-11-13-9-6-10-17-13/h3-10H,2,11H2,1H3. The number of thiocarbonyl (C=S) groups is 1. The zero-order valence-electron chi connectivity index (χ0n) is 10.2. The number of rotatable bonds is 4. The van der Waals surface area contributed by atoms with Crippen molar-refractivity contribution < 1.29 is 0 Å². The Morgan fingerprint density at radius 1 is 1.22 bits per heavy atom. The van der Waals surface area contributed by atoms with E-state index in [1.807, 2.05) is 18.2 Å². The van der Waals surface area contributed by atoms with Gasteiger partial charge in [-0.3, -0.25) is 0 Å². The molecule has 1 aromatic carbocycles. The van der Waals surface area contributed by atoms with Gasteiger partial charge in [-0.1, -0.05) is 48.2 Å². The molecule has 94 valence electrons. The van der Waals surface area contributed by atoms with Gasteiger partial charge in [-0.2, -0.15) is 0 Å². The Morgan fingerprint density at radius 3 is 2.61 bits per heavy atom. The normalized spacial score (nSPS) is 10.3. The maximum atomic E-state index is 5.52. The SMILES string of the molecule is CCN(C(=S)SCc1cccs1)c1ccccc1. The largest absolute Gasteiger partial charge is 0.328 e. The fraction of sp³-hybridized carbons (Fsp3) is 0.214. The molecule has 0 saturated heterocycles. The van der Waals surface area contributed by atoms with Crippen LogP contribution in [0.2, 0.25) is 0 Å². The average Bonchev–Trinajstić information content (AvgIpc) is 2.92. The average molecular weight is 293 g/mol. The van der Waals surface area contributed by atoms with Crippen LogP contribution in [0.3, 0.4) is 0 Å². The summed E-state index contributed by atoms with van der Waals surface area (Å²) in [4.78, 5) is 3.54. The summed E-state index contributed by atoms with van der Waals surface area (Å²) in [5.41, 5.74) is 1.17. The molecule has 0 radical (unpaired) electrons. The first kappa shape index (κ1) is 13.6. The predicted molar refractivity (Wildman–Crippen MR) is 87.7 cm³/mol. The molecule has 18 heavy (non-hydrogen) atoms. The molecule has 4 heteroatoms. The molecule has 0 unspecified atom stereocenters. The van der Waals surface area contributed by atoms with Gasteiger partial charge in [0.1, 0.15) is 4.32 Å². The lowest BCUT2D eigenvalue weighted by Crippen LogP contribution is -2.26. The van der Waals surface area contributed by atoms with Crippen LogP contribution in [0, 0.1) is 0 Å². The van der Waals surface area contributed by atoms with Crippen LogP contribution in [0.5, 0.6) is 0 Å². The van der Waals surface area contributed by atoms with Crippen molar-refractivity contribution in [2.45, 2.75) is 12.7 Å². The lowest BCUT2D eigenvalue weighted by molar-refractivity contribution is 1.08. The second-order valence-corrected chi connectivity index (χ2v) is 6.36. The van der Waals surface area contributed by atoms with Gasteiger partial charge in [0, 0.05) is 22.9 Å². The molecule has 0 aliphatic rings. The number of anilines is 1. The Labute approximate surface area is 122 Å². The lowest BCUT2D eigenvalue weighted by atomic mass is 10.3. The van der Waals surface area contributed by atoms with Crippen molar-refractivity contribution in [1.29, 1.82) is 0 Å². The van der Waals surface area contributed by atoms with Gasteiger partial charge in [0.25, 0.3) is 0 Å². The number of hydrogen-bond donors (Lipinski definition) is 0. The molecule has 0 aliphatic carbocycles. The molecule has 1 heterocycles. The Hall–Kier alpha value is -0.840. The molecule has 0 N–H and O–H groups in total. The third-order valence-corrected chi connectivity index (χ3v) is 5.08. The van der Waals surface area contributed by atoms with E-state index in [-0.39, 0.29) is 0 Å². The quantitative estimate of drug-likeness (QED) is 0.746. The van der Waals surface area contributed by atoms with Gasteiger partial charge in [-0.15, -0.1) is 11.3 Å². The zero-order chi connectivity index (χ0) is 12.8. The van der Waals surface area contributed by atoms with Crippen LogP contribution in [0.25, 0.3) is 0 Å². The molecular weight excluding hydrogens is 278 g/mol. The molecule has 0 fully saturated rings. The maximum Gasteiger partial charge on any atom is 0.141 e. The van der Waals surface area contributed by atoms with Gasteiger partial charge in [0.05, 0.1) is 0 Å². The summed E-state index contributed by atoms with van der Waals surface area (Å²) < 4.78 is 0.942. The number of para-hydroxylation sites is 1. The summed E-state index contributed by atoms with van der Waals surface area (Å²) in [5, 5.41) is 2.10. The third kappa shape index (κ3) is 3.57. The second-order valence-electron chi connectivity index (χ2n) is 3.71. The van der Waals surface area contributed by atoms with Crippen molar-refractivity contribution in [2.75, 3.05) is 11.4 Å². The first-order chi connectivity index (χ1) is 8.81. The topological polar surface area (TPSA) is 3.24 Å². The van der Waals surface area contributed by atoms with Crippen LogP contribution in [0.4, 0.5) is 5.69 Å². The highest BCUT2D eigenvalue weighted by Crippen LogP contribution is 2.23. The number of benzene rings is 1. The third-order valence-electron chi connectivity index (χ3n) is 2.52. The van der Waals surface area contributed by atoms with Gasteiger partial charge in [-0.05, 0) is 30.5 Å². The first-order valence-electron chi connectivity index (χ1n) is 5.83. The maximum absolute atomic E-state index is 5.52. The molecule has 1 nitrogen and oxygen atoms in total. The molecule has 0 spiro atoms. The number of nitrogens with zero attached hydrogens (tertiary/aromatic N) is 1. The second kappa shape index (κ2) is 6.92. The van der Waals surface area contributed by atoms with Gasteiger partial charge in [-0.25, -0.2) is 0 Å². The molecule has 2 aromatic rings. The van der Waals surface area contributed by atoms with Crippen molar-refractivity contribution in [2.24, 2.45) is 0 Å². The van der Waals surface area contributed by atoms with Crippen LogP contribution in [-0.2, 0) is 5.75 Å². The summed E-state index contributed by atoms with van der Waals surface area (Å²) in [6.45, 7) is 3.03. The molecule has 0 atom stereocenters. The predicted octanol–water partition coefficient (Wildman–Crippen LogP) is 4.79. The summed E-state index contributed by atoms with van der Waals surface area (Å²) in [5.74, 6) is 0.958. The molecule has 1 aromatic heterocycles. The Kier molecular flexibility index (Phi) is 5.23. The van der Waals surface area contributed by atoms with Gasteiger partial charge in [0.2, 0.25) is 0 Å². The van der Waals surface area contributed by atoms with Crippen LogP contribution in [-0.4, -0.2) is 10.9 Å². The van der Waals surface area contributed by atoms with Gasteiger partial charge >= 0.3 is 0 Å². The fourth-order valence-electron chi connectivity index (χ4n) is 1.63. The highest BCUT2D eigenvalue weighted by molar-refractivity contribution is 8.22. The van der Waals surface area contributed by atoms with Crippen LogP contribution >= 0.6 is 35.3 Å². The van der Waals surface area contributed by atoms with E-state index in [9.17, 15) is 0 Å². The molecular formula is C14H15NS3. The summed E-state index contributed by atoms with van der Waals surface area (Å²) in [6, 6.07) is 14.6. The minimum Gasteiger partial charge on any atom is -0.328 e. The summed E-state index contributed by atoms with van der Waals surface area (Å²) >= 11 is 9.03. The smallest absolute Gasteiger partial charge is 0.141 e. The molecule has 2 rings (SSSR count). The monoisotopic (exact) mass is 293 g/mol. The van der Waals surface area contributed by atoms with E-state index in [1.165, 1.54) is 10.6 Å². The van der Waals surface area contributed by atoms with Crippen molar-refractivity contribution >= 4 is 45.3 Å². The highest BCUT2D eigenvalue weighted by atomic mass is 32.2. The zero-order valence-corrected chi connectivity index (χ0v) is 12.7. The first-order valence-corrected chi connectivity index (χ1v) is 8.10. The van der Waals surface area contributed by atoms with Crippen molar-refractivity contribution in [3.63, 3.8) is 0 Å². The Bertz CT molecular complexity index is 479. The highest BCUT2D eigenvalue weighted by Gasteiger charge is 2.10. The number of hydrogen-bond acceptors (Lipinski definition) is 3. The van der Waals surface area contributed by atoms with E-state index in [0.717, 1.165) is 16.6 Å².